The molecule has 0 saturated carbocycles. The number of aromatic nitrogens is 3. The number of nitrogens with zero attached hydrogens (tertiary/aromatic N) is 4. The van der Waals surface area contributed by atoms with E-state index in [-0.39, 0.29) is 17.4 Å². The molecule has 32 heavy (non-hydrogen) atoms. The zero-order valence-corrected chi connectivity index (χ0v) is 17.7. The van der Waals surface area contributed by atoms with E-state index in [4.69, 9.17) is 0 Å². The smallest absolute Gasteiger partial charge is 0.325 e. The molecule has 0 atom stereocenters. The van der Waals surface area contributed by atoms with Crippen molar-refractivity contribution in [2.45, 2.75) is 19.4 Å². The van der Waals surface area contributed by atoms with Crippen LogP contribution in [0.5, 0.6) is 0 Å². The fourth-order valence-electron chi connectivity index (χ4n) is 4.48. The van der Waals surface area contributed by atoms with Crippen molar-refractivity contribution in [3.05, 3.63) is 75.7 Å². The number of H-pyrrole nitrogens is 1. The number of benzene rings is 2. The molecule has 2 aromatic carbocycles. The Morgan fingerprint density at radius 3 is 2.69 bits per heavy atom. The van der Waals surface area contributed by atoms with Crippen LogP contribution in [0.3, 0.4) is 0 Å². The molecule has 2 aliphatic rings. The fraction of sp³-hybridized carbons (Fsp3) is 0.348. The van der Waals surface area contributed by atoms with Crippen LogP contribution in [0.25, 0.3) is 5.69 Å². The standard InChI is InChI=1S/C23H25FN6O2/c24-18-3-1-2-16(12-18)14-28-8-10-29(11-9-28)15-22(31)25-19-5-6-20-17(13-19)4-7-21-26-27-23(32)30(20)21/h1-3,5-6,12-13H,4,7-11,14-15H2,(H,25,31)(H,27,32). The minimum absolute atomic E-state index is 0.0551. The molecule has 0 unspecified atom stereocenters. The number of aromatic amines is 1. The highest BCUT2D eigenvalue weighted by Crippen LogP contribution is 2.25. The summed E-state index contributed by atoms with van der Waals surface area (Å²) >= 11 is 0. The topological polar surface area (TPSA) is 86.3 Å². The maximum absolute atomic E-state index is 13.4. The van der Waals surface area contributed by atoms with Gasteiger partial charge in [-0.2, -0.15) is 5.10 Å². The molecule has 1 aromatic heterocycles. The minimum atomic E-state index is -0.241. The van der Waals surface area contributed by atoms with Gasteiger partial charge < -0.3 is 5.32 Å². The van der Waals surface area contributed by atoms with Crippen molar-refractivity contribution in [1.82, 2.24) is 24.6 Å². The van der Waals surface area contributed by atoms with E-state index in [0.717, 1.165) is 60.9 Å². The lowest BCUT2D eigenvalue weighted by molar-refractivity contribution is -0.117. The predicted molar refractivity (Wildman–Crippen MR) is 118 cm³/mol. The number of halogens is 1. The fourth-order valence-corrected chi connectivity index (χ4v) is 4.48. The second kappa shape index (κ2) is 8.68. The highest BCUT2D eigenvalue weighted by Gasteiger charge is 2.21. The molecular weight excluding hydrogens is 411 g/mol. The van der Waals surface area contributed by atoms with Crippen molar-refractivity contribution in [3.63, 3.8) is 0 Å². The minimum Gasteiger partial charge on any atom is -0.325 e. The Hall–Kier alpha value is -3.30. The van der Waals surface area contributed by atoms with Gasteiger partial charge in [0, 0.05) is 44.8 Å². The number of amides is 1. The molecule has 5 rings (SSSR count). The van der Waals surface area contributed by atoms with Gasteiger partial charge in [0.25, 0.3) is 0 Å². The van der Waals surface area contributed by atoms with Gasteiger partial charge in [-0.15, -0.1) is 0 Å². The molecule has 8 nitrogen and oxygen atoms in total. The molecule has 0 bridgehead atoms. The third-order valence-corrected chi connectivity index (χ3v) is 6.09. The lowest BCUT2D eigenvalue weighted by Crippen LogP contribution is -2.48. The number of rotatable bonds is 5. The third-order valence-electron chi connectivity index (χ3n) is 6.09. The Balaban J connectivity index is 1.14. The molecule has 3 heterocycles. The van der Waals surface area contributed by atoms with Crippen LogP contribution in [-0.2, 0) is 24.2 Å². The van der Waals surface area contributed by atoms with E-state index < -0.39 is 0 Å². The first-order chi connectivity index (χ1) is 15.5. The van der Waals surface area contributed by atoms with Crippen molar-refractivity contribution in [1.29, 1.82) is 0 Å². The first-order valence-electron chi connectivity index (χ1n) is 10.8. The van der Waals surface area contributed by atoms with E-state index in [2.05, 4.69) is 25.3 Å². The van der Waals surface area contributed by atoms with Gasteiger partial charge in [-0.3, -0.25) is 14.6 Å². The SMILES string of the molecule is O=C(CN1CCN(Cc2cccc(F)c2)CC1)Nc1ccc2c(c1)CCc1n[nH]c(=O)n1-2. The molecule has 2 N–H and O–H groups in total. The van der Waals surface area contributed by atoms with Crippen LogP contribution >= 0.6 is 0 Å². The first kappa shape index (κ1) is 20.6. The van der Waals surface area contributed by atoms with E-state index in [1.54, 1.807) is 16.7 Å². The van der Waals surface area contributed by atoms with Gasteiger partial charge in [0.1, 0.15) is 11.6 Å². The summed E-state index contributed by atoms with van der Waals surface area (Å²) < 4.78 is 15.0. The Morgan fingerprint density at radius 2 is 1.88 bits per heavy atom. The Labute approximate surface area is 184 Å². The van der Waals surface area contributed by atoms with Crippen molar-refractivity contribution in [2.75, 3.05) is 38.0 Å². The van der Waals surface area contributed by atoms with Crippen molar-refractivity contribution < 1.29 is 9.18 Å². The first-order valence-corrected chi connectivity index (χ1v) is 10.8. The summed E-state index contributed by atoms with van der Waals surface area (Å²) in [6.07, 6.45) is 1.46. The summed E-state index contributed by atoms with van der Waals surface area (Å²) in [5.74, 6) is 0.466. The molecule has 1 fully saturated rings. The number of aryl methyl sites for hydroxylation is 2. The molecule has 2 aliphatic heterocycles. The predicted octanol–water partition coefficient (Wildman–Crippen LogP) is 1.55. The molecule has 0 aliphatic carbocycles. The van der Waals surface area contributed by atoms with Gasteiger partial charge in [0.2, 0.25) is 5.91 Å². The van der Waals surface area contributed by atoms with E-state index in [9.17, 15) is 14.0 Å². The normalized spacial score (nSPS) is 16.4. The van der Waals surface area contributed by atoms with E-state index in [0.29, 0.717) is 19.5 Å². The maximum Gasteiger partial charge on any atom is 0.347 e. The highest BCUT2D eigenvalue weighted by molar-refractivity contribution is 5.92. The molecular formula is C23H25FN6O2. The average molecular weight is 436 g/mol. The number of fused-ring (bicyclic) bond motifs is 3. The number of carbonyl (C=O) groups excluding carboxylic acids is 1. The number of nitrogens with one attached hydrogen (secondary N) is 2. The van der Waals surface area contributed by atoms with Gasteiger partial charge in [-0.25, -0.2) is 18.9 Å². The number of hydrogen-bond donors (Lipinski definition) is 2. The van der Waals surface area contributed by atoms with E-state index in [1.807, 2.05) is 24.3 Å². The lowest BCUT2D eigenvalue weighted by Gasteiger charge is -2.34. The lowest BCUT2D eigenvalue weighted by atomic mass is 10.0. The number of hydrogen-bond acceptors (Lipinski definition) is 5. The zero-order valence-electron chi connectivity index (χ0n) is 17.7. The summed E-state index contributed by atoms with van der Waals surface area (Å²) in [4.78, 5) is 29.0. The summed E-state index contributed by atoms with van der Waals surface area (Å²) in [5.41, 5.74) is 3.29. The van der Waals surface area contributed by atoms with Gasteiger partial charge in [0.05, 0.1) is 12.2 Å². The summed E-state index contributed by atoms with van der Waals surface area (Å²) in [7, 11) is 0. The molecule has 3 aromatic rings. The number of piperazine rings is 1. The third kappa shape index (κ3) is 4.35. The Morgan fingerprint density at radius 1 is 1.06 bits per heavy atom. The number of anilines is 1. The average Bonchev–Trinajstić information content (AvgIpc) is 3.16. The summed E-state index contributed by atoms with van der Waals surface area (Å²) in [5, 5.41) is 9.53. The molecule has 9 heteroatoms. The van der Waals surface area contributed by atoms with Gasteiger partial charge in [-0.1, -0.05) is 12.1 Å². The molecule has 0 spiro atoms. The monoisotopic (exact) mass is 436 g/mol. The van der Waals surface area contributed by atoms with Crippen LogP contribution in [0.2, 0.25) is 0 Å². The van der Waals surface area contributed by atoms with Crippen LogP contribution in [0.15, 0.2) is 47.3 Å². The molecule has 1 amide bonds. The second-order valence-corrected chi connectivity index (χ2v) is 8.35. The Kier molecular flexibility index (Phi) is 5.59. The molecule has 0 radical (unpaired) electrons. The van der Waals surface area contributed by atoms with Gasteiger partial charge in [0.15, 0.2) is 0 Å². The second-order valence-electron chi connectivity index (χ2n) is 8.35. The summed E-state index contributed by atoms with van der Waals surface area (Å²) in [6.45, 7) is 4.30. The highest BCUT2D eigenvalue weighted by atomic mass is 19.1. The maximum atomic E-state index is 13.4. The van der Waals surface area contributed by atoms with Crippen molar-refractivity contribution in [2.24, 2.45) is 0 Å². The largest absolute Gasteiger partial charge is 0.347 e. The number of carbonyl (C=O) groups is 1. The summed E-state index contributed by atoms with van der Waals surface area (Å²) in [6, 6.07) is 12.3. The van der Waals surface area contributed by atoms with Gasteiger partial charge in [-0.05, 0) is 47.9 Å². The van der Waals surface area contributed by atoms with E-state index >= 15 is 0 Å². The van der Waals surface area contributed by atoms with Crippen LogP contribution < -0.4 is 11.0 Å². The Bertz CT molecular complexity index is 1200. The van der Waals surface area contributed by atoms with Gasteiger partial charge >= 0.3 is 5.69 Å². The van der Waals surface area contributed by atoms with Crippen LogP contribution in [0.1, 0.15) is 17.0 Å². The molecule has 1 saturated heterocycles. The molecule has 166 valence electrons. The van der Waals surface area contributed by atoms with Crippen LogP contribution in [-0.4, -0.2) is 63.2 Å². The van der Waals surface area contributed by atoms with Crippen molar-refractivity contribution >= 4 is 11.6 Å². The van der Waals surface area contributed by atoms with Crippen molar-refractivity contribution in [3.8, 4) is 5.69 Å². The quantitative estimate of drug-likeness (QED) is 0.634. The van der Waals surface area contributed by atoms with E-state index in [1.165, 1.54) is 6.07 Å². The van der Waals surface area contributed by atoms with Crippen LogP contribution in [0.4, 0.5) is 10.1 Å². The zero-order chi connectivity index (χ0) is 22.1. The van der Waals surface area contributed by atoms with Crippen LogP contribution in [0, 0.1) is 5.82 Å².